The molecule has 1 N–H and O–H groups in total. The molecule has 0 bridgehead atoms. The maximum atomic E-state index is 13.4. The Balaban J connectivity index is 3.41. The van der Waals surface area contributed by atoms with Crippen molar-refractivity contribution in [1.29, 1.82) is 0 Å². The van der Waals surface area contributed by atoms with Crippen LogP contribution in [0.5, 0.6) is 0 Å². The van der Waals surface area contributed by atoms with Crippen LogP contribution in [0.2, 0.25) is 0 Å². The molecule has 0 heterocycles. The second kappa shape index (κ2) is 6.49. The van der Waals surface area contributed by atoms with Crippen molar-refractivity contribution in [3.63, 3.8) is 0 Å². The van der Waals surface area contributed by atoms with Gasteiger partial charge in [-0.3, -0.25) is 0 Å². The molecule has 0 spiro atoms. The molecule has 5 nitrogen and oxygen atoms in total. The standard InChI is InChI=1S/C13H14F3NO4S/c1-3-9-12(11(18)21-2,13(14,15)16)17-22(19,20)10-7-5-4-6-8-10/h3-8,17H,1,9H2,2H3. The average Bonchev–Trinajstić information content (AvgIpc) is 2.45. The van der Waals surface area contributed by atoms with Gasteiger partial charge in [-0.05, 0) is 12.1 Å². The van der Waals surface area contributed by atoms with Gasteiger partial charge in [0.05, 0.1) is 12.0 Å². The molecule has 0 fully saturated rings. The van der Waals surface area contributed by atoms with Gasteiger partial charge < -0.3 is 4.74 Å². The van der Waals surface area contributed by atoms with Gasteiger partial charge in [0.25, 0.3) is 0 Å². The van der Waals surface area contributed by atoms with Crippen molar-refractivity contribution in [2.45, 2.75) is 23.0 Å². The fourth-order valence-electron chi connectivity index (χ4n) is 1.73. The summed E-state index contributed by atoms with van der Waals surface area (Å²) in [5, 5.41) is 0. The van der Waals surface area contributed by atoms with Gasteiger partial charge in [-0.2, -0.15) is 17.9 Å². The van der Waals surface area contributed by atoms with Gasteiger partial charge in [0.15, 0.2) is 0 Å². The Morgan fingerprint density at radius 3 is 2.27 bits per heavy atom. The minimum atomic E-state index is -5.21. The van der Waals surface area contributed by atoms with Gasteiger partial charge in [-0.1, -0.05) is 24.3 Å². The number of rotatable bonds is 6. The Labute approximate surface area is 125 Å². The molecule has 22 heavy (non-hydrogen) atoms. The normalized spacial score (nSPS) is 14.9. The molecule has 0 aliphatic rings. The Bertz CT molecular complexity index is 643. The fourth-order valence-corrected chi connectivity index (χ4v) is 3.11. The predicted octanol–water partition coefficient (Wildman–Crippen LogP) is 2.02. The zero-order valence-electron chi connectivity index (χ0n) is 11.6. The fraction of sp³-hybridized carbons (Fsp3) is 0.308. The quantitative estimate of drug-likeness (QED) is 0.637. The number of benzene rings is 1. The zero-order chi connectivity index (χ0) is 17.0. The third-order valence-corrected chi connectivity index (χ3v) is 4.34. The molecule has 0 saturated carbocycles. The highest BCUT2D eigenvalue weighted by molar-refractivity contribution is 7.89. The summed E-state index contributed by atoms with van der Waals surface area (Å²) in [5.41, 5.74) is -3.43. The van der Waals surface area contributed by atoms with Crippen molar-refractivity contribution >= 4 is 16.0 Å². The predicted molar refractivity (Wildman–Crippen MR) is 72.4 cm³/mol. The lowest BCUT2D eigenvalue weighted by molar-refractivity contribution is -0.207. The minimum Gasteiger partial charge on any atom is -0.467 e. The molecule has 0 aromatic heterocycles. The topological polar surface area (TPSA) is 72.5 Å². The number of ether oxygens (including phenoxy) is 1. The second-order valence-electron chi connectivity index (χ2n) is 4.31. The van der Waals surface area contributed by atoms with E-state index in [0.29, 0.717) is 0 Å². The monoisotopic (exact) mass is 337 g/mol. The number of hydrogen-bond donors (Lipinski definition) is 1. The second-order valence-corrected chi connectivity index (χ2v) is 5.99. The molecule has 0 aliphatic heterocycles. The van der Waals surface area contributed by atoms with Gasteiger partial charge in [0.2, 0.25) is 15.6 Å². The lowest BCUT2D eigenvalue weighted by Crippen LogP contribution is -2.64. The highest BCUT2D eigenvalue weighted by atomic mass is 32.2. The first-order chi connectivity index (χ1) is 10.1. The van der Waals surface area contributed by atoms with Crippen molar-refractivity contribution in [3.8, 4) is 0 Å². The summed E-state index contributed by atoms with van der Waals surface area (Å²) >= 11 is 0. The molecular weight excluding hydrogens is 323 g/mol. The summed E-state index contributed by atoms with van der Waals surface area (Å²) in [4.78, 5) is 11.3. The van der Waals surface area contributed by atoms with E-state index < -0.39 is 39.0 Å². The first-order valence-corrected chi connectivity index (χ1v) is 7.44. The van der Waals surface area contributed by atoms with Crippen LogP contribution in [0.15, 0.2) is 47.9 Å². The molecule has 1 unspecified atom stereocenters. The zero-order valence-corrected chi connectivity index (χ0v) is 12.4. The van der Waals surface area contributed by atoms with Gasteiger partial charge in [0.1, 0.15) is 0 Å². The first-order valence-electron chi connectivity index (χ1n) is 5.96. The smallest absolute Gasteiger partial charge is 0.418 e. The number of hydrogen-bond acceptors (Lipinski definition) is 4. The van der Waals surface area contributed by atoms with Gasteiger partial charge in [-0.25, -0.2) is 13.2 Å². The van der Waals surface area contributed by atoms with E-state index in [4.69, 9.17) is 0 Å². The molecule has 122 valence electrons. The lowest BCUT2D eigenvalue weighted by atomic mass is 9.96. The van der Waals surface area contributed by atoms with E-state index >= 15 is 0 Å². The number of halogens is 3. The Hall–Kier alpha value is -1.87. The number of nitrogens with one attached hydrogen (secondary N) is 1. The number of sulfonamides is 1. The van der Waals surface area contributed by atoms with E-state index in [-0.39, 0.29) is 0 Å². The van der Waals surface area contributed by atoms with E-state index in [1.54, 1.807) is 0 Å². The van der Waals surface area contributed by atoms with E-state index in [1.165, 1.54) is 22.9 Å². The maximum Gasteiger partial charge on any atom is 0.418 e. The highest BCUT2D eigenvalue weighted by Gasteiger charge is 2.62. The van der Waals surface area contributed by atoms with Crippen molar-refractivity contribution in [3.05, 3.63) is 43.0 Å². The van der Waals surface area contributed by atoms with E-state index in [0.717, 1.165) is 25.3 Å². The van der Waals surface area contributed by atoms with E-state index in [1.807, 2.05) is 0 Å². The van der Waals surface area contributed by atoms with Gasteiger partial charge in [0, 0.05) is 6.42 Å². The molecule has 1 rings (SSSR count). The Morgan fingerprint density at radius 2 is 1.86 bits per heavy atom. The first kappa shape index (κ1) is 18.2. The molecule has 0 amide bonds. The molecule has 0 radical (unpaired) electrons. The summed E-state index contributed by atoms with van der Waals surface area (Å²) in [6.07, 6.45) is -5.43. The summed E-state index contributed by atoms with van der Waals surface area (Å²) in [5.74, 6) is -1.76. The summed E-state index contributed by atoms with van der Waals surface area (Å²) in [6, 6.07) is 6.40. The number of carbonyl (C=O) groups is 1. The largest absolute Gasteiger partial charge is 0.467 e. The third-order valence-electron chi connectivity index (χ3n) is 2.83. The summed E-state index contributed by atoms with van der Waals surface area (Å²) < 4.78 is 69.9. The molecule has 0 aliphatic carbocycles. The number of esters is 1. The van der Waals surface area contributed by atoms with Crippen molar-refractivity contribution in [1.82, 2.24) is 4.72 Å². The van der Waals surface area contributed by atoms with Crippen LogP contribution in [0.3, 0.4) is 0 Å². The van der Waals surface area contributed by atoms with Gasteiger partial charge >= 0.3 is 12.1 Å². The van der Waals surface area contributed by atoms with Crippen LogP contribution in [0.4, 0.5) is 13.2 Å². The molecule has 1 atom stereocenters. The van der Waals surface area contributed by atoms with Crippen LogP contribution in [0, 0.1) is 0 Å². The Morgan fingerprint density at radius 1 is 1.32 bits per heavy atom. The van der Waals surface area contributed by atoms with Crippen LogP contribution < -0.4 is 4.72 Å². The van der Waals surface area contributed by atoms with E-state index in [2.05, 4.69) is 11.3 Å². The SMILES string of the molecule is C=CCC(NS(=O)(=O)c1ccccc1)(C(=O)OC)C(F)(F)F. The highest BCUT2D eigenvalue weighted by Crippen LogP contribution is 2.36. The van der Waals surface area contributed by atoms with Crippen LogP contribution in [-0.2, 0) is 19.6 Å². The van der Waals surface area contributed by atoms with Crippen LogP contribution >= 0.6 is 0 Å². The van der Waals surface area contributed by atoms with Crippen LogP contribution in [0.1, 0.15) is 6.42 Å². The Kier molecular flexibility index (Phi) is 5.36. The van der Waals surface area contributed by atoms with Crippen LogP contribution in [0.25, 0.3) is 0 Å². The minimum absolute atomic E-state index is 0.406. The lowest BCUT2D eigenvalue weighted by Gasteiger charge is -2.32. The van der Waals surface area contributed by atoms with E-state index in [9.17, 15) is 26.4 Å². The molecule has 0 saturated heterocycles. The van der Waals surface area contributed by atoms with Crippen molar-refractivity contribution in [2.75, 3.05) is 7.11 Å². The van der Waals surface area contributed by atoms with Crippen LogP contribution in [-0.4, -0.2) is 33.2 Å². The average molecular weight is 337 g/mol. The third kappa shape index (κ3) is 3.47. The summed E-state index contributed by atoms with van der Waals surface area (Å²) in [7, 11) is -3.86. The van der Waals surface area contributed by atoms with Crippen molar-refractivity contribution in [2.24, 2.45) is 0 Å². The number of alkyl halides is 3. The molecule has 1 aromatic rings. The van der Waals surface area contributed by atoms with Gasteiger partial charge in [-0.15, -0.1) is 6.58 Å². The number of carbonyl (C=O) groups excluding carboxylic acids is 1. The molecule has 1 aromatic carbocycles. The molecule has 9 heteroatoms. The molecular formula is C13H14F3NO4S. The summed E-state index contributed by atoms with van der Waals surface area (Å²) in [6.45, 7) is 3.14. The maximum absolute atomic E-state index is 13.4. The van der Waals surface area contributed by atoms with Crippen molar-refractivity contribution < 1.29 is 31.1 Å². The number of methoxy groups -OCH3 is 1.